The van der Waals surface area contributed by atoms with Crippen LogP contribution in [0, 0.1) is 0 Å². The summed E-state index contributed by atoms with van der Waals surface area (Å²) in [6, 6.07) is 5.59. The van der Waals surface area contributed by atoms with Gasteiger partial charge in [0, 0.05) is 0 Å². The number of aromatic nitrogens is 3. The monoisotopic (exact) mass is 231 g/mol. The summed E-state index contributed by atoms with van der Waals surface area (Å²) in [6.07, 6.45) is 4.59. The lowest BCUT2D eigenvalue weighted by molar-refractivity contribution is 0.174. The van der Waals surface area contributed by atoms with Crippen molar-refractivity contribution in [3.8, 4) is 11.5 Å². The van der Waals surface area contributed by atoms with Gasteiger partial charge >= 0.3 is 0 Å². The Bertz CT molecular complexity index is 538. The van der Waals surface area contributed by atoms with Gasteiger partial charge in [0.2, 0.25) is 6.79 Å². The van der Waals surface area contributed by atoms with Crippen LogP contribution in [0.3, 0.4) is 0 Å². The van der Waals surface area contributed by atoms with E-state index in [1.54, 1.807) is 6.21 Å². The van der Waals surface area contributed by atoms with Gasteiger partial charge in [0.05, 0.1) is 6.21 Å². The fourth-order valence-electron chi connectivity index (χ4n) is 1.42. The predicted octanol–water partition coefficient (Wildman–Crippen LogP) is 0.584. The molecule has 17 heavy (non-hydrogen) atoms. The van der Waals surface area contributed by atoms with Gasteiger partial charge in [0.15, 0.2) is 11.5 Å². The van der Waals surface area contributed by atoms with E-state index in [0.29, 0.717) is 0 Å². The molecular formula is C10H9N5O2. The van der Waals surface area contributed by atoms with Crippen LogP contribution in [0.25, 0.3) is 0 Å². The molecule has 7 heteroatoms. The summed E-state index contributed by atoms with van der Waals surface area (Å²) in [4.78, 5) is 5.17. The maximum atomic E-state index is 5.26. The van der Waals surface area contributed by atoms with E-state index < -0.39 is 0 Å². The number of rotatable bonds is 3. The third-order valence-electron chi connectivity index (χ3n) is 2.19. The molecule has 0 atom stereocenters. The molecular weight excluding hydrogens is 222 g/mol. The topological polar surface area (TPSA) is 73.6 Å². The van der Waals surface area contributed by atoms with Crippen molar-refractivity contribution < 1.29 is 9.47 Å². The first-order valence-electron chi connectivity index (χ1n) is 4.95. The Labute approximate surface area is 96.7 Å². The molecule has 0 saturated heterocycles. The van der Waals surface area contributed by atoms with Crippen molar-refractivity contribution in [2.45, 2.75) is 0 Å². The van der Waals surface area contributed by atoms with E-state index in [1.165, 1.54) is 17.4 Å². The minimum absolute atomic E-state index is 0.271. The normalized spacial score (nSPS) is 13.2. The van der Waals surface area contributed by atoms with Crippen LogP contribution < -0.4 is 15.0 Å². The minimum Gasteiger partial charge on any atom is -0.454 e. The van der Waals surface area contributed by atoms with Gasteiger partial charge < -0.3 is 9.47 Å². The zero-order valence-electron chi connectivity index (χ0n) is 8.78. The number of hydrazone groups is 1. The van der Waals surface area contributed by atoms with Gasteiger partial charge in [-0.2, -0.15) is 10.6 Å². The fraction of sp³-hybridized carbons (Fsp3) is 0.100. The molecule has 1 aliphatic heterocycles. The molecule has 3 rings (SSSR count). The van der Waals surface area contributed by atoms with Crippen LogP contribution in [-0.2, 0) is 0 Å². The summed E-state index contributed by atoms with van der Waals surface area (Å²) >= 11 is 0. The van der Waals surface area contributed by atoms with E-state index in [1.807, 2.05) is 18.2 Å². The number of ether oxygens (including phenoxy) is 2. The average Bonchev–Trinajstić information content (AvgIpc) is 2.98. The Kier molecular flexibility index (Phi) is 2.34. The van der Waals surface area contributed by atoms with Crippen LogP contribution in [0.1, 0.15) is 5.56 Å². The summed E-state index contributed by atoms with van der Waals surface area (Å²) in [7, 11) is 0. The zero-order chi connectivity index (χ0) is 11.5. The highest BCUT2D eigenvalue weighted by Crippen LogP contribution is 2.31. The predicted molar refractivity (Wildman–Crippen MR) is 59.5 cm³/mol. The van der Waals surface area contributed by atoms with Crippen LogP contribution in [0.2, 0.25) is 0 Å². The molecule has 0 amide bonds. The van der Waals surface area contributed by atoms with Crippen molar-refractivity contribution in [3.05, 3.63) is 36.4 Å². The Balaban J connectivity index is 1.70. The second kappa shape index (κ2) is 4.12. The first-order valence-corrected chi connectivity index (χ1v) is 4.95. The molecule has 0 saturated carbocycles. The number of hydrogen-bond acceptors (Lipinski definition) is 6. The Morgan fingerprint density at radius 1 is 1.35 bits per heavy atom. The quantitative estimate of drug-likeness (QED) is 0.618. The Hall–Kier alpha value is -2.57. The molecule has 0 radical (unpaired) electrons. The second-order valence-corrected chi connectivity index (χ2v) is 3.31. The van der Waals surface area contributed by atoms with Crippen LogP contribution in [0.15, 0.2) is 36.0 Å². The highest BCUT2D eigenvalue weighted by atomic mass is 16.7. The molecule has 2 aromatic rings. The molecule has 0 aliphatic carbocycles. The smallest absolute Gasteiger partial charge is 0.231 e. The number of hydrogen-bond donors (Lipinski definition) is 1. The van der Waals surface area contributed by atoms with Gasteiger partial charge in [0.25, 0.3) is 0 Å². The third-order valence-corrected chi connectivity index (χ3v) is 2.19. The summed E-state index contributed by atoms with van der Waals surface area (Å²) in [5.41, 5.74) is 3.59. The van der Waals surface area contributed by atoms with Crippen molar-refractivity contribution in [2.75, 3.05) is 12.3 Å². The fourth-order valence-corrected chi connectivity index (χ4v) is 1.42. The van der Waals surface area contributed by atoms with Gasteiger partial charge in [-0.1, -0.05) is 0 Å². The maximum Gasteiger partial charge on any atom is 0.231 e. The second-order valence-electron chi connectivity index (χ2n) is 3.31. The van der Waals surface area contributed by atoms with Gasteiger partial charge in [-0.15, -0.1) is 9.89 Å². The van der Waals surface area contributed by atoms with Crippen LogP contribution >= 0.6 is 0 Å². The lowest BCUT2D eigenvalue weighted by atomic mass is 10.2. The standard InChI is InChI=1S/C10H9N5O2/c1-2-9-10(17-7-16-9)3-8(1)4-12-14-15-6-11-5-13-15/h1-6,14H,7H2/b12-4+. The van der Waals surface area contributed by atoms with Crippen molar-refractivity contribution >= 4 is 6.21 Å². The van der Waals surface area contributed by atoms with Gasteiger partial charge in [-0.25, -0.2) is 4.98 Å². The van der Waals surface area contributed by atoms with Crippen molar-refractivity contribution in [3.63, 3.8) is 0 Å². The van der Waals surface area contributed by atoms with Crippen molar-refractivity contribution in [1.82, 2.24) is 14.9 Å². The molecule has 0 unspecified atom stereocenters. The first-order chi connectivity index (χ1) is 8.42. The summed E-state index contributed by atoms with van der Waals surface area (Å²) < 4.78 is 10.5. The van der Waals surface area contributed by atoms with E-state index >= 15 is 0 Å². The van der Waals surface area contributed by atoms with Gasteiger partial charge in [-0.05, 0) is 23.8 Å². The van der Waals surface area contributed by atoms with E-state index in [-0.39, 0.29) is 6.79 Å². The SMILES string of the molecule is C(=N\Nn1cncn1)/c1ccc2c(c1)OCO2. The van der Waals surface area contributed by atoms with E-state index in [4.69, 9.17) is 9.47 Å². The number of nitrogens with zero attached hydrogens (tertiary/aromatic N) is 4. The molecule has 0 spiro atoms. The minimum atomic E-state index is 0.271. The van der Waals surface area contributed by atoms with Crippen molar-refractivity contribution in [1.29, 1.82) is 0 Å². The molecule has 7 nitrogen and oxygen atoms in total. The third kappa shape index (κ3) is 2.03. The number of benzene rings is 1. The number of nitrogens with one attached hydrogen (secondary N) is 1. The van der Waals surface area contributed by atoms with Crippen LogP contribution in [0.5, 0.6) is 11.5 Å². The lowest BCUT2D eigenvalue weighted by Crippen LogP contribution is -2.08. The average molecular weight is 231 g/mol. The lowest BCUT2D eigenvalue weighted by Gasteiger charge is -1.98. The van der Waals surface area contributed by atoms with Crippen LogP contribution in [-0.4, -0.2) is 27.9 Å². The largest absolute Gasteiger partial charge is 0.454 e. The van der Waals surface area contributed by atoms with Crippen LogP contribution in [0.4, 0.5) is 0 Å². The van der Waals surface area contributed by atoms with E-state index in [9.17, 15) is 0 Å². The van der Waals surface area contributed by atoms with Gasteiger partial charge in [-0.3, -0.25) is 0 Å². The number of fused-ring (bicyclic) bond motifs is 1. The Morgan fingerprint density at radius 2 is 2.29 bits per heavy atom. The Morgan fingerprint density at radius 3 is 3.18 bits per heavy atom. The van der Waals surface area contributed by atoms with Gasteiger partial charge in [0.1, 0.15) is 12.7 Å². The first kappa shape index (κ1) is 9.64. The molecule has 2 heterocycles. The molecule has 1 aromatic carbocycles. The molecule has 0 fully saturated rings. The maximum absolute atomic E-state index is 5.26. The summed E-state index contributed by atoms with van der Waals surface area (Å²) in [5, 5.41) is 7.84. The summed E-state index contributed by atoms with van der Waals surface area (Å²) in [5.74, 6) is 1.49. The highest BCUT2D eigenvalue weighted by Gasteiger charge is 2.12. The molecule has 1 N–H and O–H groups in total. The summed E-state index contributed by atoms with van der Waals surface area (Å²) in [6.45, 7) is 0.271. The molecule has 1 aromatic heterocycles. The highest BCUT2D eigenvalue weighted by molar-refractivity contribution is 5.81. The van der Waals surface area contributed by atoms with E-state index in [2.05, 4.69) is 20.7 Å². The molecule has 1 aliphatic rings. The molecule has 86 valence electrons. The van der Waals surface area contributed by atoms with E-state index in [0.717, 1.165) is 17.1 Å². The zero-order valence-corrected chi connectivity index (χ0v) is 8.78. The van der Waals surface area contributed by atoms with Crippen molar-refractivity contribution in [2.24, 2.45) is 5.10 Å². The molecule has 0 bridgehead atoms.